The molecule has 0 aliphatic rings. The summed E-state index contributed by atoms with van der Waals surface area (Å²) in [6.07, 6.45) is 0. The second-order valence-electron chi connectivity index (χ2n) is 4.60. The number of aromatic nitrogens is 1. The van der Waals surface area contributed by atoms with E-state index < -0.39 is 0 Å². The molecule has 0 aliphatic heterocycles. The lowest BCUT2D eigenvalue weighted by molar-refractivity contribution is 1.38. The van der Waals surface area contributed by atoms with Gasteiger partial charge in [-0.2, -0.15) is 5.26 Å². The molecule has 96 valence electrons. The maximum atomic E-state index is 8.95. The molecular formula is C17H12N2S. The average molecular weight is 276 g/mol. The van der Waals surface area contributed by atoms with Gasteiger partial charge in [-0.15, -0.1) is 11.3 Å². The summed E-state index contributed by atoms with van der Waals surface area (Å²) in [5.41, 5.74) is 4.93. The van der Waals surface area contributed by atoms with E-state index in [1.54, 1.807) is 17.4 Å². The maximum absolute atomic E-state index is 8.95. The minimum absolute atomic E-state index is 0.660. The summed E-state index contributed by atoms with van der Waals surface area (Å²) in [6.45, 7) is 2.08. The Morgan fingerprint density at radius 1 is 1.05 bits per heavy atom. The normalized spacial score (nSPS) is 10.2. The molecule has 20 heavy (non-hydrogen) atoms. The number of rotatable bonds is 2. The molecule has 0 amide bonds. The van der Waals surface area contributed by atoms with Gasteiger partial charge < -0.3 is 0 Å². The zero-order valence-electron chi connectivity index (χ0n) is 11.0. The molecule has 2 nitrogen and oxygen atoms in total. The third kappa shape index (κ3) is 2.47. The third-order valence-corrected chi connectivity index (χ3v) is 3.95. The number of nitrogens with zero attached hydrogens (tertiary/aromatic N) is 2. The van der Waals surface area contributed by atoms with E-state index in [-0.39, 0.29) is 0 Å². The van der Waals surface area contributed by atoms with Gasteiger partial charge in [0.2, 0.25) is 0 Å². The van der Waals surface area contributed by atoms with Crippen molar-refractivity contribution in [3.63, 3.8) is 0 Å². The predicted molar refractivity (Wildman–Crippen MR) is 82.4 cm³/mol. The molecule has 3 heteroatoms. The van der Waals surface area contributed by atoms with E-state index in [0.717, 1.165) is 21.8 Å². The molecule has 1 aromatic heterocycles. The fourth-order valence-corrected chi connectivity index (χ4v) is 2.89. The quantitative estimate of drug-likeness (QED) is 0.682. The summed E-state index contributed by atoms with van der Waals surface area (Å²) >= 11 is 1.63. The van der Waals surface area contributed by atoms with Crippen LogP contribution < -0.4 is 0 Å². The summed E-state index contributed by atoms with van der Waals surface area (Å²) in [5, 5.41) is 12.0. The number of hydrogen-bond donors (Lipinski definition) is 0. The highest BCUT2D eigenvalue weighted by atomic mass is 32.1. The fraction of sp³-hybridized carbons (Fsp3) is 0.0588. The summed E-state index contributed by atoms with van der Waals surface area (Å²) in [7, 11) is 0. The zero-order valence-corrected chi connectivity index (χ0v) is 11.8. The largest absolute Gasteiger partial charge is 0.236 e. The van der Waals surface area contributed by atoms with Crippen LogP contribution in [0.15, 0.2) is 53.9 Å². The SMILES string of the molecule is Cc1cccc(-c2nc(-c3cccc(C#N)c3)cs2)c1. The topological polar surface area (TPSA) is 36.7 Å². The smallest absolute Gasteiger partial charge is 0.124 e. The highest BCUT2D eigenvalue weighted by Crippen LogP contribution is 2.29. The van der Waals surface area contributed by atoms with Crippen molar-refractivity contribution >= 4 is 11.3 Å². The van der Waals surface area contributed by atoms with Crippen LogP contribution in [0, 0.1) is 18.3 Å². The van der Waals surface area contributed by atoms with E-state index in [9.17, 15) is 0 Å². The molecule has 0 spiro atoms. The minimum Gasteiger partial charge on any atom is -0.236 e. The van der Waals surface area contributed by atoms with Gasteiger partial charge in [-0.05, 0) is 25.1 Å². The van der Waals surface area contributed by atoms with Crippen LogP contribution in [0.4, 0.5) is 0 Å². The highest BCUT2D eigenvalue weighted by molar-refractivity contribution is 7.13. The molecule has 3 aromatic rings. The van der Waals surface area contributed by atoms with Crippen molar-refractivity contribution < 1.29 is 0 Å². The zero-order chi connectivity index (χ0) is 13.9. The van der Waals surface area contributed by atoms with Crippen molar-refractivity contribution in [2.75, 3.05) is 0 Å². The molecule has 0 saturated carbocycles. The Morgan fingerprint density at radius 2 is 1.85 bits per heavy atom. The van der Waals surface area contributed by atoms with Gasteiger partial charge in [-0.1, -0.05) is 35.9 Å². The Hall–Kier alpha value is -2.44. The molecule has 0 radical (unpaired) electrons. The lowest BCUT2D eigenvalue weighted by Crippen LogP contribution is -1.82. The minimum atomic E-state index is 0.660. The van der Waals surface area contributed by atoms with Gasteiger partial charge in [-0.3, -0.25) is 0 Å². The van der Waals surface area contributed by atoms with E-state index in [1.807, 2.05) is 29.6 Å². The van der Waals surface area contributed by atoms with Gasteiger partial charge in [0.05, 0.1) is 17.3 Å². The first-order valence-electron chi connectivity index (χ1n) is 6.29. The monoisotopic (exact) mass is 276 g/mol. The van der Waals surface area contributed by atoms with Crippen LogP contribution in [-0.2, 0) is 0 Å². The van der Waals surface area contributed by atoms with Gasteiger partial charge in [-0.25, -0.2) is 4.98 Å². The molecule has 0 atom stereocenters. The second kappa shape index (κ2) is 5.28. The molecular weight excluding hydrogens is 264 g/mol. The van der Waals surface area contributed by atoms with Crippen molar-refractivity contribution in [1.29, 1.82) is 5.26 Å². The Labute approximate surface area is 122 Å². The second-order valence-corrected chi connectivity index (χ2v) is 5.46. The lowest BCUT2D eigenvalue weighted by atomic mass is 10.1. The Morgan fingerprint density at radius 3 is 2.65 bits per heavy atom. The summed E-state index contributed by atoms with van der Waals surface area (Å²) in [5.74, 6) is 0. The van der Waals surface area contributed by atoms with E-state index in [4.69, 9.17) is 5.26 Å². The van der Waals surface area contributed by atoms with Crippen LogP contribution in [0.2, 0.25) is 0 Å². The Kier molecular flexibility index (Phi) is 3.32. The average Bonchev–Trinajstić information content (AvgIpc) is 2.97. The Balaban J connectivity index is 2.00. The summed E-state index contributed by atoms with van der Waals surface area (Å²) in [4.78, 5) is 4.68. The molecule has 1 heterocycles. The van der Waals surface area contributed by atoms with Crippen molar-refractivity contribution in [2.45, 2.75) is 6.92 Å². The van der Waals surface area contributed by atoms with Gasteiger partial charge in [0.15, 0.2) is 0 Å². The van der Waals surface area contributed by atoms with Crippen LogP contribution in [0.3, 0.4) is 0 Å². The third-order valence-electron chi connectivity index (χ3n) is 3.06. The van der Waals surface area contributed by atoms with Crippen molar-refractivity contribution in [2.24, 2.45) is 0 Å². The van der Waals surface area contributed by atoms with Gasteiger partial charge in [0, 0.05) is 16.5 Å². The van der Waals surface area contributed by atoms with E-state index in [0.29, 0.717) is 5.56 Å². The molecule has 0 aliphatic carbocycles. The highest BCUT2D eigenvalue weighted by Gasteiger charge is 2.07. The number of benzene rings is 2. The number of nitriles is 1. The van der Waals surface area contributed by atoms with Crippen LogP contribution in [-0.4, -0.2) is 4.98 Å². The fourth-order valence-electron chi connectivity index (χ4n) is 2.07. The van der Waals surface area contributed by atoms with Gasteiger partial charge in [0.25, 0.3) is 0 Å². The molecule has 0 saturated heterocycles. The van der Waals surface area contributed by atoms with Crippen LogP contribution in [0.5, 0.6) is 0 Å². The van der Waals surface area contributed by atoms with Crippen molar-refractivity contribution in [1.82, 2.24) is 4.98 Å². The number of hydrogen-bond acceptors (Lipinski definition) is 3. The predicted octanol–water partition coefficient (Wildman–Crippen LogP) is 4.66. The van der Waals surface area contributed by atoms with E-state index >= 15 is 0 Å². The first kappa shape index (κ1) is 12.6. The van der Waals surface area contributed by atoms with Crippen LogP contribution in [0.25, 0.3) is 21.8 Å². The summed E-state index contributed by atoms with van der Waals surface area (Å²) < 4.78 is 0. The van der Waals surface area contributed by atoms with Crippen LogP contribution >= 0.6 is 11.3 Å². The standard InChI is InChI=1S/C17H12N2S/c1-12-4-2-7-15(8-12)17-19-16(11-20-17)14-6-3-5-13(9-14)10-18/h2-9,11H,1H3. The van der Waals surface area contributed by atoms with E-state index in [2.05, 4.69) is 36.2 Å². The molecule has 0 N–H and O–H groups in total. The first-order valence-corrected chi connectivity index (χ1v) is 7.17. The number of thiazole rings is 1. The number of aryl methyl sites for hydroxylation is 1. The van der Waals surface area contributed by atoms with E-state index in [1.165, 1.54) is 5.56 Å². The van der Waals surface area contributed by atoms with Gasteiger partial charge in [0.1, 0.15) is 5.01 Å². The molecule has 2 aromatic carbocycles. The van der Waals surface area contributed by atoms with Crippen molar-refractivity contribution in [3.8, 4) is 27.9 Å². The molecule has 3 rings (SSSR count). The maximum Gasteiger partial charge on any atom is 0.124 e. The molecule has 0 unspecified atom stereocenters. The van der Waals surface area contributed by atoms with Crippen LogP contribution in [0.1, 0.15) is 11.1 Å². The van der Waals surface area contributed by atoms with Gasteiger partial charge >= 0.3 is 0 Å². The first-order chi connectivity index (χ1) is 9.76. The summed E-state index contributed by atoms with van der Waals surface area (Å²) in [6, 6.07) is 18.0. The van der Waals surface area contributed by atoms with Crippen molar-refractivity contribution in [3.05, 3.63) is 65.0 Å². The Bertz CT molecular complexity index is 796. The molecule has 0 fully saturated rings. The lowest BCUT2D eigenvalue weighted by Gasteiger charge is -1.98. The molecule has 0 bridgehead atoms.